The van der Waals surface area contributed by atoms with Gasteiger partial charge >= 0.3 is 5.97 Å². The van der Waals surface area contributed by atoms with Gasteiger partial charge in [-0.15, -0.1) is 11.3 Å². The highest BCUT2D eigenvalue weighted by molar-refractivity contribution is 7.12. The van der Waals surface area contributed by atoms with Gasteiger partial charge in [0.15, 0.2) is 0 Å². The van der Waals surface area contributed by atoms with Crippen LogP contribution in [-0.4, -0.2) is 37.1 Å². The number of benzene rings is 1. The van der Waals surface area contributed by atoms with E-state index >= 15 is 0 Å². The number of ether oxygens (including phenoxy) is 2. The molecule has 0 unspecified atom stereocenters. The lowest BCUT2D eigenvalue weighted by atomic mass is 10.1. The van der Waals surface area contributed by atoms with Crippen molar-refractivity contribution in [2.75, 3.05) is 20.3 Å². The highest BCUT2D eigenvalue weighted by atomic mass is 32.1. The van der Waals surface area contributed by atoms with E-state index in [4.69, 9.17) is 9.47 Å². The van der Waals surface area contributed by atoms with E-state index in [-0.39, 0.29) is 23.8 Å². The number of hydrogen-bond acceptors (Lipinski definition) is 7. The fourth-order valence-electron chi connectivity index (χ4n) is 1.98. The second kappa shape index (κ2) is 8.78. The number of carbonyl (C=O) groups is 2. The first kappa shape index (κ1) is 18.4. The van der Waals surface area contributed by atoms with E-state index in [0.29, 0.717) is 23.6 Å². The van der Waals surface area contributed by atoms with Crippen molar-refractivity contribution in [2.45, 2.75) is 6.42 Å². The maximum absolute atomic E-state index is 12.1. The Labute approximate surface area is 147 Å². The molecule has 25 heavy (non-hydrogen) atoms. The van der Waals surface area contributed by atoms with Crippen LogP contribution in [0.1, 0.15) is 26.5 Å². The van der Waals surface area contributed by atoms with Gasteiger partial charge in [-0.25, -0.2) is 4.79 Å². The molecule has 1 amide bonds. The number of nitro benzene ring substituents is 1. The van der Waals surface area contributed by atoms with Crippen LogP contribution in [0.4, 0.5) is 5.69 Å². The van der Waals surface area contributed by atoms with Crippen molar-refractivity contribution < 1.29 is 24.0 Å². The summed E-state index contributed by atoms with van der Waals surface area (Å²) in [5.41, 5.74) is -0.524. The summed E-state index contributed by atoms with van der Waals surface area (Å²) >= 11 is 1.33. The average molecular weight is 364 g/mol. The Morgan fingerprint density at radius 3 is 2.76 bits per heavy atom. The predicted octanol–water partition coefficient (Wildman–Crippen LogP) is 2.64. The fraction of sp³-hybridized carbons (Fsp3) is 0.250. The third-order valence-electron chi connectivity index (χ3n) is 3.21. The zero-order chi connectivity index (χ0) is 18.2. The van der Waals surface area contributed by atoms with Gasteiger partial charge in [0.25, 0.3) is 11.6 Å². The van der Waals surface area contributed by atoms with Crippen LogP contribution in [0.2, 0.25) is 0 Å². The Morgan fingerprint density at radius 2 is 2.12 bits per heavy atom. The van der Waals surface area contributed by atoms with Crippen molar-refractivity contribution in [1.82, 2.24) is 5.32 Å². The van der Waals surface area contributed by atoms with Gasteiger partial charge in [-0.3, -0.25) is 14.9 Å². The second-order valence-corrected chi connectivity index (χ2v) is 5.81. The van der Waals surface area contributed by atoms with Crippen molar-refractivity contribution in [3.8, 4) is 5.75 Å². The molecule has 0 aliphatic heterocycles. The van der Waals surface area contributed by atoms with Crippen molar-refractivity contribution >= 4 is 28.9 Å². The highest BCUT2D eigenvalue weighted by Gasteiger charge is 2.22. The van der Waals surface area contributed by atoms with Gasteiger partial charge in [0, 0.05) is 18.7 Å². The summed E-state index contributed by atoms with van der Waals surface area (Å²) in [6.45, 7) is 0.349. The highest BCUT2D eigenvalue weighted by Crippen LogP contribution is 2.24. The van der Waals surface area contributed by atoms with Crippen LogP contribution in [0.5, 0.6) is 5.75 Å². The first-order valence-electron chi connectivity index (χ1n) is 7.34. The molecule has 132 valence electrons. The molecule has 0 atom stereocenters. The van der Waals surface area contributed by atoms with Crippen molar-refractivity contribution in [3.63, 3.8) is 0 Å². The molecule has 1 aromatic carbocycles. The number of hydrogen-bond donors (Lipinski definition) is 1. The van der Waals surface area contributed by atoms with Crippen LogP contribution in [-0.2, 0) is 4.74 Å². The lowest BCUT2D eigenvalue weighted by Gasteiger charge is -2.07. The van der Waals surface area contributed by atoms with Gasteiger partial charge in [-0.2, -0.15) is 0 Å². The first-order valence-corrected chi connectivity index (χ1v) is 8.22. The molecule has 0 radical (unpaired) electrons. The van der Waals surface area contributed by atoms with Crippen LogP contribution in [0, 0.1) is 10.1 Å². The van der Waals surface area contributed by atoms with Gasteiger partial charge in [0.05, 0.1) is 23.5 Å². The fourth-order valence-corrected chi connectivity index (χ4v) is 2.62. The van der Waals surface area contributed by atoms with Crippen LogP contribution < -0.4 is 10.1 Å². The second-order valence-electron chi connectivity index (χ2n) is 4.86. The number of methoxy groups -OCH3 is 1. The molecule has 1 aromatic heterocycles. The molecule has 0 aliphatic carbocycles. The topological polar surface area (TPSA) is 108 Å². The Balaban J connectivity index is 1.84. The van der Waals surface area contributed by atoms with E-state index in [9.17, 15) is 19.7 Å². The monoisotopic (exact) mass is 364 g/mol. The number of nitrogens with zero attached hydrogens (tertiary/aromatic N) is 1. The maximum atomic E-state index is 12.1. The number of thiophene rings is 1. The minimum absolute atomic E-state index is 0.0257. The minimum Gasteiger partial charge on any atom is -0.497 e. The Kier molecular flexibility index (Phi) is 6.47. The van der Waals surface area contributed by atoms with E-state index in [0.717, 1.165) is 0 Å². The van der Waals surface area contributed by atoms with E-state index < -0.39 is 10.9 Å². The molecule has 0 aliphatic rings. The van der Waals surface area contributed by atoms with Gasteiger partial charge < -0.3 is 14.8 Å². The summed E-state index contributed by atoms with van der Waals surface area (Å²) in [5.74, 6) is -0.680. The van der Waals surface area contributed by atoms with Gasteiger partial charge in [0.2, 0.25) is 0 Å². The molecular formula is C16H16N2O6S. The molecule has 9 heteroatoms. The summed E-state index contributed by atoms with van der Waals surface area (Å²) < 4.78 is 10.0. The van der Waals surface area contributed by atoms with Gasteiger partial charge in [-0.1, -0.05) is 6.07 Å². The molecule has 0 fully saturated rings. The van der Waals surface area contributed by atoms with Gasteiger partial charge in [-0.05, 0) is 23.9 Å². The van der Waals surface area contributed by atoms with Crippen LogP contribution in [0.15, 0.2) is 35.7 Å². The summed E-state index contributed by atoms with van der Waals surface area (Å²) in [6.07, 6.45) is 0.390. The third-order valence-corrected chi connectivity index (χ3v) is 4.07. The molecule has 0 saturated heterocycles. The summed E-state index contributed by atoms with van der Waals surface area (Å²) in [4.78, 5) is 34.7. The zero-order valence-corrected chi connectivity index (χ0v) is 14.2. The molecule has 2 rings (SSSR count). The van der Waals surface area contributed by atoms with Crippen molar-refractivity contribution in [3.05, 3.63) is 56.3 Å². The van der Waals surface area contributed by atoms with Crippen molar-refractivity contribution in [2.24, 2.45) is 0 Å². The normalized spacial score (nSPS) is 10.1. The van der Waals surface area contributed by atoms with E-state index in [1.807, 2.05) is 0 Å². The lowest BCUT2D eigenvalue weighted by molar-refractivity contribution is -0.385. The average Bonchev–Trinajstić information content (AvgIpc) is 3.15. The quantitative estimate of drug-likeness (QED) is 0.334. The van der Waals surface area contributed by atoms with E-state index in [2.05, 4.69) is 5.32 Å². The van der Waals surface area contributed by atoms with Crippen molar-refractivity contribution in [1.29, 1.82) is 0 Å². The summed E-state index contributed by atoms with van der Waals surface area (Å²) in [6, 6.07) is 7.34. The summed E-state index contributed by atoms with van der Waals surface area (Å²) in [5, 5.41) is 15.5. The third kappa shape index (κ3) is 5.01. The summed E-state index contributed by atoms with van der Waals surface area (Å²) in [7, 11) is 1.40. The first-order chi connectivity index (χ1) is 12.0. The predicted molar refractivity (Wildman–Crippen MR) is 91.2 cm³/mol. The van der Waals surface area contributed by atoms with Gasteiger partial charge in [0.1, 0.15) is 11.3 Å². The van der Waals surface area contributed by atoms with E-state index in [1.54, 1.807) is 17.5 Å². The minimum atomic E-state index is -0.810. The number of nitro groups is 1. The van der Waals surface area contributed by atoms with Crippen LogP contribution in [0.25, 0.3) is 0 Å². The molecule has 1 heterocycles. The van der Waals surface area contributed by atoms with Crippen LogP contribution in [0.3, 0.4) is 0 Å². The molecule has 0 bridgehead atoms. The molecule has 8 nitrogen and oxygen atoms in total. The van der Waals surface area contributed by atoms with E-state index in [1.165, 1.54) is 36.6 Å². The molecular weight excluding hydrogens is 348 g/mol. The Hall–Kier alpha value is -2.94. The number of amides is 1. The number of carbonyl (C=O) groups excluding carboxylic acids is 2. The molecule has 0 spiro atoms. The Morgan fingerprint density at radius 1 is 1.32 bits per heavy atom. The Bertz CT molecular complexity index is 760. The number of nitrogens with one attached hydrogen (secondary N) is 1. The molecule has 1 N–H and O–H groups in total. The SMILES string of the molecule is COc1ccc([N+](=O)[O-])c(C(=O)OCCCNC(=O)c2cccs2)c1. The largest absolute Gasteiger partial charge is 0.497 e. The molecule has 2 aromatic rings. The van der Waals surface area contributed by atoms with Crippen LogP contribution >= 0.6 is 11.3 Å². The number of esters is 1. The lowest BCUT2D eigenvalue weighted by Crippen LogP contribution is -2.24. The molecule has 0 saturated carbocycles. The zero-order valence-electron chi connectivity index (χ0n) is 13.4. The maximum Gasteiger partial charge on any atom is 0.345 e. The smallest absolute Gasteiger partial charge is 0.345 e. The standard InChI is InChI=1S/C16H16N2O6S/c1-23-11-5-6-13(18(21)22)12(10-11)16(20)24-8-3-7-17-15(19)14-4-2-9-25-14/h2,4-6,9-10H,3,7-8H2,1H3,(H,17,19). The number of rotatable bonds is 8.